The van der Waals surface area contributed by atoms with Crippen LogP contribution in [-0.2, 0) is 17.6 Å². The maximum absolute atomic E-state index is 12.2. The molecule has 4 nitrogen and oxygen atoms in total. The molecule has 0 saturated heterocycles. The van der Waals surface area contributed by atoms with Gasteiger partial charge in [-0.1, -0.05) is 13.0 Å². The van der Waals surface area contributed by atoms with E-state index in [0.717, 1.165) is 54.3 Å². The number of anilines is 1. The SMILES string of the molecule is CCCC(=O)Nc1ccc2c3c(c(=O)[nH]c2c1)CCCC3. The lowest BCUT2D eigenvalue weighted by atomic mass is 9.90. The third-order valence-electron chi connectivity index (χ3n) is 4.10. The van der Waals surface area contributed by atoms with Gasteiger partial charge in [0.05, 0.1) is 5.52 Å². The average Bonchev–Trinajstić information content (AvgIpc) is 2.47. The van der Waals surface area contributed by atoms with Crippen LogP contribution in [0.15, 0.2) is 23.0 Å². The van der Waals surface area contributed by atoms with Crippen molar-refractivity contribution in [1.82, 2.24) is 4.98 Å². The van der Waals surface area contributed by atoms with E-state index in [1.807, 2.05) is 25.1 Å². The molecule has 110 valence electrons. The zero-order valence-electron chi connectivity index (χ0n) is 12.3. The van der Waals surface area contributed by atoms with Crippen LogP contribution in [0.4, 0.5) is 5.69 Å². The number of aryl methyl sites for hydroxylation is 1. The molecule has 2 N–H and O–H groups in total. The highest BCUT2D eigenvalue weighted by Gasteiger charge is 2.16. The van der Waals surface area contributed by atoms with Crippen molar-refractivity contribution < 1.29 is 4.79 Å². The minimum atomic E-state index is 0.0113. The van der Waals surface area contributed by atoms with Gasteiger partial charge < -0.3 is 10.3 Å². The number of pyridine rings is 1. The number of aromatic nitrogens is 1. The Morgan fingerprint density at radius 1 is 1.24 bits per heavy atom. The summed E-state index contributed by atoms with van der Waals surface area (Å²) in [5, 5.41) is 3.98. The van der Waals surface area contributed by atoms with Crippen LogP contribution in [0.5, 0.6) is 0 Å². The van der Waals surface area contributed by atoms with Gasteiger partial charge in [0.15, 0.2) is 0 Å². The molecule has 1 aliphatic rings. The van der Waals surface area contributed by atoms with E-state index in [9.17, 15) is 9.59 Å². The third kappa shape index (κ3) is 2.71. The summed E-state index contributed by atoms with van der Waals surface area (Å²) in [6.07, 6.45) is 5.41. The second-order valence-electron chi connectivity index (χ2n) is 5.68. The second kappa shape index (κ2) is 5.72. The monoisotopic (exact) mass is 284 g/mol. The van der Waals surface area contributed by atoms with Crippen LogP contribution in [0.25, 0.3) is 10.9 Å². The molecule has 1 amide bonds. The molecule has 21 heavy (non-hydrogen) atoms. The molecular formula is C17H20N2O2. The van der Waals surface area contributed by atoms with E-state index >= 15 is 0 Å². The Morgan fingerprint density at radius 2 is 2.00 bits per heavy atom. The number of nitrogens with one attached hydrogen (secondary N) is 2. The first-order valence-corrected chi connectivity index (χ1v) is 7.66. The Bertz CT molecular complexity index is 746. The molecule has 0 spiro atoms. The maximum atomic E-state index is 12.2. The standard InChI is InChI=1S/C17H20N2O2/c1-2-5-16(20)18-11-8-9-13-12-6-3-4-7-14(12)17(21)19-15(13)10-11/h8-10H,2-7H2,1H3,(H,18,20)(H,19,21). The van der Waals surface area contributed by atoms with Crippen molar-refractivity contribution in [3.05, 3.63) is 39.7 Å². The first-order valence-electron chi connectivity index (χ1n) is 7.66. The highest BCUT2D eigenvalue weighted by atomic mass is 16.1. The van der Waals surface area contributed by atoms with Crippen molar-refractivity contribution in [2.24, 2.45) is 0 Å². The van der Waals surface area contributed by atoms with Gasteiger partial charge in [-0.15, -0.1) is 0 Å². The number of fused-ring (bicyclic) bond motifs is 3. The molecule has 0 radical (unpaired) electrons. The summed E-state index contributed by atoms with van der Waals surface area (Å²) in [6.45, 7) is 1.98. The van der Waals surface area contributed by atoms with Gasteiger partial charge in [-0.3, -0.25) is 9.59 Å². The molecule has 4 heteroatoms. The van der Waals surface area contributed by atoms with Crippen molar-refractivity contribution in [2.45, 2.75) is 45.4 Å². The van der Waals surface area contributed by atoms with E-state index in [4.69, 9.17) is 0 Å². The highest BCUT2D eigenvalue weighted by molar-refractivity contribution is 5.94. The molecule has 1 heterocycles. The lowest BCUT2D eigenvalue weighted by molar-refractivity contribution is -0.116. The molecule has 1 aromatic heterocycles. The molecule has 0 aliphatic heterocycles. The number of carbonyl (C=O) groups is 1. The number of H-pyrrole nitrogens is 1. The minimum Gasteiger partial charge on any atom is -0.326 e. The van der Waals surface area contributed by atoms with Crippen molar-refractivity contribution in [3.63, 3.8) is 0 Å². The normalized spacial score (nSPS) is 14.0. The van der Waals surface area contributed by atoms with Crippen LogP contribution >= 0.6 is 0 Å². The average molecular weight is 284 g/mol. The van der Waals surface area contributed by atoms with Crippen molar-refractivity contribution >= 4 is 22.5 Å². The summed E-state index contributed by atoms with van der Waals surface area (Å²) in [7, 11) is 0. The van der Waals surface area contributed by atoms with Gasteiger partial charge in [0, 0.05) is 23.1 Å². The van der Waals surface area contributed by atoms with E-state index < -0.39 is 0 Å². The molecule has 1 aliphatic carbocycles. The van der Waals surface area contributed by atoms with Crippen LogP contribution in [0.1, 0.15) is 43.7 Å². The van der Waals surface area contributed by atoms with E-state index in [1.54, 1.807) is 0 Å². The fourth-order valence-corrected chi connectivity index (χ4v) is 3.09. The number of aromatic amines is 1. The fraction of sp³-hybridized carbons (Fsp3) is 0.412. The largest absolute Gasteiger partial charge is 0.326 e. The molecule has 0 atom stereocenters. The van der Waals surface area contributed by atoms with Gasteiger partial charge in [0.2, 0.25) is 5.91 Å². The van der Waals surface area contributed by atoms with Crippen LogP contribution in [-0.4, -0.2) is 10.9 Å². The van der Waals surface area contributed by atoms with Gasteiger partial charge in [0.1, 0.15) is 0 Å². The van der Waals surface area contributed by atoms with E-state index in [1.165, 1.54) is 5.56 Å². The Labute approximate surface area is 123 Å². The van der Waals surface area contributed by atoms with Crippen LogP contribution in [0, 0.1) is 0 Å². The fourth-order valence-electron chi connectivity index (χ4n) is 3.09. The van der Waals surface area contributed by atoms with Crippen molar-refractivity contribution in [1.29, 1.82) is 0 Å². The smallest absolute Gasteiger partial charge is 0.251 e. The molecular weight excluding hydrogens is 264 g/mol. The van der Waals surface area contributed by atoms with E-state index in [-0.39, 0.29) is 11.5 Å². The highest BCUT2D eigenvalue weighted by Crippen LogP contribution is 2.27. The molecule has 1 aromatic carbocycles. The Morgan fingerprint density at radius 3 is 2.76 bits per heavy atom. The summed E-state index contributed by atoms with van der Waals surface area (Å²) < 4.78 is 0. The number of amides is 1. The van der Waals surface area contributed by atoms with Crippen LogP contribution in [0.3, 0.4) is 0 Å². The number of hydrogen-bond donors (Lipinski definition) is 2. The second-order valence-corrected chi connectivity index (χ2v) is 5.68. The maximum Gasteiger partial charge on any atom is 0.251 e. The van der Waals surface area contributed by atoms with Crippen LogP contribution in [0.2, 0.25) is 0 Å². The molecule has 0 fully saturated rings. The Hall–Kier alpha value is -2.10. The number of hydrogen-bond acceptors (Lipinski definition) is 2. The molecule has 0 saturated carbocycles. The lowest BCUT2D eigenvalue weighted by Gasteiger charge is -2.17. The molecule has 0 bridgehead atoms. The quantitative estimate of drug-likeness (QED) is 0.909. The summed E-state index contributed by atoms with van der Waals surface area (Å²) in [4.78, 5) is 26.8. The topological polar surface area (TPSA) is 62.0 Å². The van der Waals surface area contributed by atoms with Gasteiger partial charge in [-0.2, -0.15) is 0 Å². The van der Waals surface area contributed by atoms with Crippen LogP contribution < -0.4 is 10.9 Å². The minimum absolute atomic E-state index is 0.0113. The number of rotatable bonds is 3. The third-order valence-corrected chi connectivity index (χ3v) is 4.10. The Kier molecular flexibility index (Phi) is 3.78. The number of benzene rings is 1. The van der Waals surface area contributed by atoms with Gasteiger partial charge in [0.25, 0.3) is 5.56 Å². The molecule has 3 rings (SSSR count). The van der Waals surface area contributed by atoms with E-state index in [2.05, 4.69) is 10.3 Å². The Balaban J connectivity index is 2.03. The van der Waals surface area contributed by atoms with Crippen molar-refractivity contribution in [2.75, 3.05) is 5.32 Å². The lowest BCUT2D eigenvalue weighted by Crippen LogP contribution is -2.19. The summed E-state index contributed by atoms with van der Waals surface area (Å²) in [5.74, 6) is 0.0113. The molecule has 0 unspecified atom stereocenters. The predicted octanol–water partition coefficient (Wildman–Crippen LogP) is 3.15. The number of carbonyl (C=O) groups excluding carboxylic acids is 1. The van der Waals surface area contributed by atoms with Crippen molar-refractivity contribution in [3.8, 4) is 0 Å². The zero-order valence-corrected chi connectivity index (χ0v) is 12.3. The zero-order chi connectivity index (χ0) is 14.8. The van der Waals surface area contributed by atoms with Gasteiger partial charge in [-0.25, -0.2) is 0 Å². The first kappa shape index (κ1) is 13.9. The van der Waals surface area contributed by atoms with Gasteiger partial charge >= 0.3 is 0 Å². The summed E-state index contributed by atoms with van der Waals surface area (Å²) >= 11 is 0. The molecule has 2 aromatic rings. The first-order chi connectivity index (χ1) is 10.2. The summed E-state index contributed by atoms with van der Waals surface area (Å²) in [5.41, 5.74) is 3.71. The van der Waals surface area contributed by atoms with E-state index in [0.29, 0.717) is 6.42 Å². The summed E-state index contributed by atoms with van der Waals surface area (Å²) in [6, 6.07) is 5.79. The predicted molar refractivity (Wildman–Crippen MR) is 84.7 cm³/mol. The van der Waals surface area contributed by atoms with Gasteiger partial charge in [-0.05, 0) is 49.8 Å².